The Labute approximate surface area is 85.0 Å². The predicted octanol–water partition coefficient (Wildman–Crippen LogP) is 1.60. The van der Waals surface area contributed by atoms with E-state index in [1.807, 2.05) is 31.2 Å². The third-order valence-electron chi connectivity index (χ3n) is 2.04. The summed E-state index contributed by atoms with van der Waals surface area (Å²) in [6, 6.07) is 6.08. The summed E-state index contributed by atoms with van der Waals surface area (Å²) in [5, 5.41) is 2.20. The Kier molecular flexibility index (Phi) is 4.14. The average molecular weight is 188 g/mol. The fraction of sp³-hybridized carbons (Fsp3) is 0.231. The molecule has 0 aliphatic heterocycles. The smallest absolute Gasteiger partial charge is 0.0719 e. The van der Waals surface area contributed by atoms with Crippen molar-refractivity contribution in [2.75, 3.05) is 7.11 Å². The molecule has 0 radical (unpaired) electrons. The molecule has 0 aliphatic carbocycles. The van der Waals surface area contributed by atoms with Gasteiger partial charge in [0.25, 0.3) is 0 Å². The van der Waals surface area contributed by atoms with Crippen LogP contribution in [-0.4, -0.2) is 7.11 Å². The van der Waals surface area contributed by atoms with E-state index < -0.39 is 0 Å². The molecule has 1 aromatic carbocycles. The SMILES string of the molecule is C=c1cccc(COC)/c1=C/C=C\C. The highest BCUT2D eigenvalue weighted by atomic mass is 16.5. The van der Waals surface area contributed by atoms with E-state index in [1.54, 1.807) is 7.11 Å². The number of hydrogen-bond acceptors (Lipinski definition) is 1. The van der Waals surface area contributed by atoms with Gasteiger partial charge in [-0.1, -0.05) is 43.0 Å². The Balaban J connectivity index is 3.29. The van der Waals surface area contributed by atoms with E-state index in [9.17, 15) is 0 Å². The highest BCUT2D eigenvalue weighted by Crippen LogP contribution is 1.91. The van der Waals surface area contributed by atoms with Gasteiger partial charge in [0.15, 0.2) is 0 Å². The molecule has 0 aliphatic rings. The molecule has 1 heteroatoms. The van der Waals surface area contributed by atoms with E-state index in [1.165, 1.54) is 5.56 Å². The zero-order valence-corrected chi connectivity index (χ0v) is 8.79. The third-order valence-corrected chi connectivity index (χ3v) is 2.04. The molecule has 0 unspecified atom stereocenters. The molecule has 0 heterocycles. The van der Waals surface area contributed by atoms with Gasteiger partial charge in [-0.25, -0.2) is 0 Å². The number of hydrogen-bond donors (Lipinski definition) is 0. The highest BCUT2D eigenvalue weighted by molar-refractivity contribution is 5.40. The lowest BCUT2D eigenvalue weighted by Gasteiger charge is -2.00. The van der Waals surface area contributed by atoms with Crippen LogP contribution in [0.15, 0.2) is 30.4 Å². The number of methoxy groups -OCH3 is 1. The van der Waals surface area contributed by atoms with Crippen LogP contribution in [0.2, 0.25) is 0 Å². The number of allylic oxidation sites excluding steroid dienone is 2. The number of ether oxygens (including phenoxy) is 1. The van der Waals surface area contributed by atoms with Crippen LogP contribution in [0.25, 0.3) is 12.7 Å². The molecule has 0 fully saturated rings. The Morgan fingerprint density at radius 3 is 2.86 bits per heavy atom. The molecular formula is C13H16O. The summed E-state index contributed by atoms with van der Waals surface area (Å²) >= 11 is 0. The second-order valence-corrected chi connectivity index (χ2v) is 3.12. The first kappa shape index (κ1) is 10.7. The van der Waals surface area contributed by atoms with Gasteiger partial charge >= 0.3 is 0 Å². The van der Waals surface area contributed by atoms with Gasteiger partial charge in [-0.15, -0.1) is 0 Å². The zero-order chi connectivity index (χ0) is 10.4. The monoisotopic (exact) mass is 188 g/mol. The van der Waals surface area contributed by atoms with Crippen molar-refractivity contribution in [3.8, 4) is 0 Å². The van der Waals surface area contributed by atoms with Gasteiger partial charge in [0.2, 0.25) is 0 Å². The molecule has 1 nitrogen and oxygen atoms in total. The van der Waals surface area contributed by atoms with Gasteiger partial charge < -0.3 is 4.74 Å². The largest absolute Gasteiger partial charge is 0.380 e. The average Bonchev–Trinajstić information content (AvgIpc) is 2.18. The van der Waals surface area contributed by atoms with E-state index in [-0.39, 0.29) is 0 Å². The summed E-state index contributed by atoms with van der Waals surface area (Å²) in [6.07, 6.45) is 6.09. The molecule has 0 spiro atoms. The van der Waals surface area contributed by atoms with Gasteiger partial charge in [-0.3, -0.25) is 0 Å². The number of rotatable bonds is 3. The molecule has 0 bridgehead atoms. The topological polar surface area (TPSA) is 9.23 Å². The molecule has 0 saturated carbocycles. The minimum atomic E-state index is 0.632. The lowest BCUT2D eigenvalue weighted by molar-refractivity contribution is 0.184. The second-order valence-electron chi connectivity index (χ2n) is 3.12. The van der Waals surface area contributed by atoms with Crippen LogP contribution in [0.1, 0.15) is 12.5 Å². The summed E-state index contributed by atoms with van der Waals surface area (Å²) in [6.45, 7) is 6.63. The first-order valence-corrected chi connectivity index (χ1v) is 4.68. The molecule has 0 aromatic heterocycles. The Hall–Kier alpha value is -1.34. The van der Waals surface area contributed by atoms with Crippen molar-refractivity contribution in [2.24, 2.45) is 0 Å². The maximum absolute atomic E-state index is 5.13. The molecule has 0 atom stereocenters. The van der Waals surface area contributed by atoms with E-state index in [0.717, 1.165) is 10.4 Å². The van der Waals surface area contributed by atoms with E-state index >= 15 is 0 Å². The van der Waals surface area contributed by atoms with Crippen LogP contribution in [0.5, 0.6) is 0 Å². The van der Waals surface area contributed by atoms with Crippen LogP contribution < -0.4 is 10.4 Å². The molecule has 1 rings (SSSR count). The predicted molar refractivity (Wildman–Crippen MR) is 61.2 cm³/mol. The number of benzene rings is 1. The lowest BCUT2D eigenvalue weighted by Crippen LogP contribution is -2.27. The minimum Gasteiger partial charge on any atom is -0.380 e. The van der Waals surface area contributed by atoms with Crippen LogP contribution in [0.4, 0.5) is 0 Å². The molecule has 0 N–H and O–H groups in total. The zero-order valence-electron chi connectivity index (χ0n) is 8.79. The van der Waals surface area contributed by atoms with Gasteiger partial charge in [0, 0.05) is 7.11 Å². The molecular weight excluding hydrogens is 172 g/mol. The van der Waals surface area contributed by atoms with Crippen molar-refractivity contribution in [3.63, 3.8) is 0 Å². The lowest BCUT2D eigenvalue weighted by atomic mass is 10.1. The van der Waals surface area contributed by atoms with Crippen molar-refractivity contribution in [2.45, 2.75) is 13.5 Å². The van der Waals surface area contributed by atoms with Gasteiger partial charge in [-0.05, 0) is 22.9 Å². The Morgan fingerprint density at radius 1 is 1.43 bits per heavy atom. The van der Waals surface area contributed by atoms with Crippen LogP contribution in [0.3, 0.4) is 0 Å². The molecule has 1 aromatic rings. The van der Waals surface area contributed by atoms with Crippen molar-refractivity contribution in [3.05, 3.63) is 46.4 Å². The quantitative estimate of drug-likeness (QED) is 0.700. The highest BCUT2D eigenvalue weighted by Gasteiger charge is 1.93. The van der Waals surface area contributed by atoms with E-state index in [4.69, 9.17) is 4.74 Å². The molecule has 74 valence electrons. The van der Waals surface area contributed by atoms with Crippen molar-refractivity contribution in [1.29, 1.82) is 0 Å². The molecule has 14 heavy (non-hydrogen) atoms. The molecule has 0 amide bonds. The first-order valence-electron chi connectivity index (χ1n) is 4.68. The first-order chi connectivity index (χ1) is 6.79. The van der Waals surface area contributed by atoms with Crippen LogP contribution >= 0.6 is 0 Å². The normalized spacial score (nSPS) is 12.6. The summed E-state index contributed by atoms with van der Waals surface area (Å²) in [5.74, 6) is 0. The summed E-state index contributed by atoms with van der Waals surface area (Å²) in [7, 11) is 1.70. The van der Waals surface area contributed by atoms with Gasteiger partial charge in [0.05, 0.1) is 6.61 Å². The van der Waals surface area contributed by atoms with Crippen molar-refractivity contribution < 1.29 is 4.74 Å². The standard InChI is InChI=1S/C13H16O/c1-4-5-9-13-11(2)7-6-8-12(13)10-14-3/h4-9H,2,10H2,1,3H3/b5-4-,13-9+. The van der Waals surface area contributed by atoms with Crippen molar-refractivity contribution in [1.82, 2.24) is 0 Å². The van der Waals surface area contributed by atoms with E-state index in [0.29, 0.717) is 6.61 Å². The fourth-order valence-electron chi connectivity index (χ4n) is 1.35. The maximum atomic E-state index is 5.13. The second kappa shape index (κ2) is 5.40. The Morgan fingerprint density at radius 2 is 2.21 bits per heavy atom. The third kappa shape index (κ3) is 2.57. The molecule has 0 saturated heterocycles. The van der Waals surface area contributed by atoms with Crippen molar-refractivity contribution >= 4 is 12.7 Å². The van der Waals surface area contributed by atoms with Gasteiger partial charge in [0.1, 0.15) is 0 Å². The summed E-state index contributed by atoms with van der Waals surface area (Å²) < 4.78 is 5.13. The van der Waals surface area contributed by atoms with E-state index in [2.05, 4.69) is 18.7 Å². The van der Waals surface area contributed by atoms with Crippen LogP contribution in [0, 0.1) is 0 Å². The Bertz CT molecular complexity index is 415. The minimum absolute atomic E-state index is 0.632. The van der Waals surface area contributed by atoms with Gasteiger partial charge in [-0.2, -0.15) is 0 Å². The summed E-state index contributed by atoms with van der Waals surface area (Å²) in [4.78, 5) is 0. The summed E-state index contributed by atoms with van der Waals surface area (Å²) in [5.41, 5.74) is 1.18. The fourth-order valence-corrected chi connectivity index (χ4v) is 1.35. The van der Waals surface area contributed by atoms with Crippen LogP contribution in [-0.2, 0) is 11.3 Å². The maximum Gasteiger partial charge on any atom is 0.0719 e.